The zero-order valence-corrected chi connectivity index (χ0v) is 22.6. The van der Waals surface area contributed by atoms with Crippen LogP contribution in [0.2, 0.25) is 0 Å². The number of aromatic amines is 2. The lowest BCUT2D eigenvalue weighted by atomic mass is 10.0. The van der Waals surface area contributed by atoms with E-state index in [0.29, 0.717) is 23.9 Å². The van der Waals surface area contributed by atoms with Crippen LogP contribution in [0.5, 0.6) is 0 Å². The molecule has 0 radical (unpaired) electrons. The summed E-state index contributed by atoms with van der Waals surface area (Å²) in [5.41, 5.74) is 6.90. The van der Waals surface area contributed by atoms with Gasteiger partial charge in [0.05, 0.1) is 29.1 Å². The molecule has 0 atom stereocenters. The van der Waals surface area contributed by atoms with Gasteiger partial charge in [-0.15, -0.1) is 11.3 Å². The predicted octanol–water partition coefficient (Wildman–Crippen LogP) is 7.30. The molecule has 5 aromatic heterocycles. The van der Waals surface area contributed by atoms with Crippen molar-refractivity contribution < 1.29 is 4.79 Å². The summed E-state index contributed by atoms with van der Waals surface area (Å²) in [7, 11) is 0. The minimum absolute atomic E-state index is 0.0159. The number of thiophene rings is 1. The van der Waals surface area contributed by atoms with Crippen molar-refractivity contribution in [1.82, 2.24) is 30.1 Å². The number of hydrogen-bond donors (Lipinski definition) is 3. The molecule has 0 aliphatic heterocycles. The average Bonchev–Trinajstić information content (AvgIpc) is 3.68. The Kier molecular flexibility index (Phi) is 7.28. The van der Waals surface area contributed by atoms with Gasteiger partial charge in [0, 0.05) is 40.2 Å². The summed E-state index contributed by atoms with van der Waals surface area (Å²) in [4.78, 5) is 30.4. The van der Waals surface area contributed by atoms with E-state index in [9.17, 15) is 4.79 Å². The number of carbonyl (C=O) groups excluding carboxylic acids is 1. The second kappa shape index (κ2) is 10.9. The van der Waals surface area contributed by atoms with E-state index < -0.39 is 0 Å². The lowest BCUT2D eigenvalue weighted by Gasteiger charge is -2.09. The van der Waals surface area contributed by atoms with E-state index in [-0.39, 0.29) is 5.91 Å². The highest BCUT2D eigenvalue weighted by Gasteiger charge is 2.16. The second-order valence-corrected chi connectivity index (χ2v) is 10.0. The topological polar surface area (TPSA) is 112 Å². The monoisotopic (exact) mass is 523 g/mol. The van der Waals surface area contributed by atoms with E-state index in [4.69, 9.17) is 4.98 Å². The average molecular weight is 524 g/mol. The maximum Gasteiger partial charge on any atom is 0.224 e. The first-order valence-corrected chi connectivity index (χ1v) is 13.5. The molecule has 1 amide bonds. The molecule has 0 saturated carbocycles. The van der Waals surface area contributed by atoms with Crippen molar-refractivity contribution in [2.75, 3.05) is 5.32 Å². The standard InChI is InChI=1S/C27H23N7OS.C2H6/c1-15(2)8-24(35)30-18-9-17(11-28-12-18)16-5-6-21-19(10-16)26(34-33-21)27-31-22-14-29-13-20(25(22)32-27)23-4-3-7-36-23;1-2/h3-7,9-15H,8H2,1-2H3,(H,30,35)(H,31,32)(H,33,34);1-2H3. The lowest BCUT2D eigenvalue weighted by Crippen LogP contribution is -2.13. The number of H-pyrrole nitrogens is 2. The van der Waals surface area contributed by atoms with Crippen molar-refractivity contribution in [1.29, 1.82) is 0 Å². The number of nitrogens with one attached hydrogen (secondary N) is 3. The summed E-state index contributed by atoms with van der Waals surface area (Å²) in [5.74, 6) is 0.948. The molecule has 6 rings (SSSR count). The first kappa shape index (κ1) is 25.3. The fourth-order valence-electron chi connectivity index (χ4n) is 4.28. The van der Waals surface area contributed by atoms with Crippen LogP contribution >= 0.6 is 11.3 Å². The molecular weight excluding hydrogens is 494 g/mol. The highest BCUT2D eigenvalue weighted by molar-refractivity contribution is 7.13. The summed E-state index contributed by atoms with van der Waals surface area (Å²) >= 11 is 1.66. The molecule has 38 heavy (non-hydrogen) atoms. The number of amides is 1. The molecule has 0 fully saturated rings. The van der Waals surface area contributed by atoms with E-state index in [1.165, 1.54) is 0 Å². The van der Waals surface area contributed by atoms with Crippen molar-refractivity contribution in [2.24, 2.45) is 5.92 Å². The fraction of sp³-hybridized carbons (Fsp3) is 0.207. The molecule has 0 bridgehead atoms. The SMILES string of the molecule is CC.CC(C)CC(=O)Nc1cncc(-c2ccc3[nH]nc(-c4nc5c(-c6cccs6)cncc5[nH]4)c3c2)c1. The quantitative estimate of drug-likeness (QED) is 0.212. The van der Waals surface area contributed by atoms with Crippen LogP contribution < -0.4 is 5.32 Å². The minimum Gasteiger partial charge on any atom is -0.335 e. The number of anilines is 1. The molecule has 0 saturated heterocycles. The van der Waals surface area contributed by atoms with Crippen molar-refractivity contribution in [2.45, 2.75) is 34.1 Å². The zero-order valence-electron chi connectivity index (χ0n) is 21.7. The van der Waals surface area contributed by atoms with Gasteiger partial charge in [-0.05, 0) is 41.1 Å². The number of benzene rings is 1. The van der Waals surface area contributed by atoms with Crippen molar-refractivity contribution in [3.05, 3.63) is 66.6 Å². The van der Waals surface area contributed by atoms with Crippen molar-refractivity contribution >= 4 is 44.9 Å². The van der Waals surface area contributed by atoms with Gasteiger partial charge in [0.2, 0.25) is 5.91 Å². The van der Waals surface area contributed by atoms with Crippen LogP contribution in [0.4, 0.5) is 5.69 Å². The Morgan fingerprint density at radius 3 is 2.63 bits per heavy atom. The number of rotatable bonds is 6. The Morgan fingerprint density at radius 1 is 1.00 bits per heavy atom. The molecule has 3 N–H and O–H groups in total. The van der Waals surface area contributed by atoms with Gasteiger partial charge < -0.3 is 10.3 Å². The molecule has 8 nitrogen and oxygen atoms in total. The third-order valence-electron chi connectivity index (χ3n) is 5.92. The first-order chi connectivity index (χ1) is 18.5. The number of nitrogens with zero attached hydrogens (tertiary/aromatic N) is 4. The van der Waals surface area contributed by atoms with E-state index in [1.807, 2.05) is 63.5 Å². The van der Waals surface area contributed by atoms with Gasteiger partial charge in [-0.25, -0.2) is 4.98 Å². The molecule has 0 spiro atoms. The normalized spacial score (nSPS) is 11.1. The largest absolute Gasteiger partial charge is 0.335 e. The molecule has 6 aromatic rings. The second-order valence-electron chi connectivity index (χ2n) is 9.09. The van der Waals surface area contributed by atoms with Crippen LogP contribution in [0.15, 0.2) is 66.6 Å². The Balaban J connectivity index is 0.00000144. The summed E-state index contributed by atoms with van der Waals surface area (Å²) in [6.07, 6.45) is 7.56. The van der Waals surface area contributed by atoms with Gasteiger partial charge in [-0.1, -0.05) is 39.8 Å². The first-order valence-electron chi connectivity index (χ1n) is 12.7. The Morgan fingerprint density at radius 2 is 1.84 bits per heavy atom. The number of imidazole rings is 1. The number of hydrogen-bond acceptors (Lipinski definition) is 6. The van der Waals surface area contributed by atoms with Crippen molar-refractivity contribution in [3.8, 4) is 33.1 Å². The molecular formula is C29H29N7OS. The van der Waals surface area contributed by atoms with Crippen molar-refractivity contribution in [3.63, 3.8) is 0 Å². The van der Waals surface area contributed by atoms with E-state index in [0.717, 1.165) is 49.2 Å². The summed E-state index contributed by atoms with van der Waals surface area (Å²) in [5, 5.41) is 13.6. The highest BCUT2D eigenvalue weighted by Crippen LogP contribution is 2.34. The van der Waals surface area contributed by atoms with Gasteiger partial charge in [0.25, 0.3) is 0 Å². The highest BCUT2D eigenvalue weighted by atomic mass is 32.1. The van der Waals surface area contributed by atoms with E-state index >= 15 is 0 Å². The smallest absolute Gasteiger partial charge is 0.224 e. The molecule has 0 unspecified atom stereocenters. The Hall–Kier alpha value is -4.37. The van der Waals surface area contributed by atoms with Crippen LogP contribution in [0.25, 0.3) is 55.0 Å². The maximum absolute atomic E-state index is 12.2. The Labute approximate surface area is 224 Å². The Bertz CT molecular complexity index is 1700. The number of carbonyl (C=O) groups is 1. The van der Waals surface area contributed by atoms with Crippen LogP contribution in [-0.4, -0.2) is 36.0 Å². The third kappa shape index (κ3) is 5.05. The predicted molar refractivity (Wildman–Crippen MR) is 155 cm³/mol. The van der Waals surface area contributed by atoms with Gasteiger partial charge in [0.1, 0.15) is 11.2 Å². The summed E-state index contributed by atoms with van der Waals surface area (Å²) in [6.45, 7) is 8.04. The number of aromatic nitrogens is 6. The molecule has 0 aliphatic rings. The molecule has 9 heteroatoms. The zero-order chi connectivity index (χ0) is 26.6. The van der Waals surface area contributed by atoms with Crippen LogP contribution in [0.3, 0.4) is 0 Å². The van der Waals surface area contributed by atoms with Gasteiger partial charge in [-0.3, -0.25) is 19.9 Å². The molecule has 1 aromatic carbocycles. The number of fused-ring (bicyclic) bond motifs is 2. The van der Waals surface area contributed by atoms with E-state index in [2.05, 4.69) is 42.6 Å². The van der Waals surface area contributed by atoms with Crippen LogP contribution in [0.1, 0.15) is 34.1 Å². The van der Waals surface area contributed by atoms with Crippen LogP contribution in [-0.2, 0) is 4.79 Å². The van der Waals surface area contributed by atoms with Gasteiger partial charge in [0.15, 0.2) is 5.82 Å². The third-order valence-corrected chi connectivity index (χ3v) is 6.82. The maximum atomic E-state index is 12.2. The molecule has 192 valence electrons. The van der Waals surface area contributed by atoms with E-state index in [1.54, 1.807) is 29.9 Å². The molecule has 0 aliphatic carbocycles. The lowest BCUT2D eigenvalue weighted by molar-refractivity contribution is -0.116. The number of pyridine rings is 2. The fourth-order valence-corrected chi connectivity index (χ4v) is 5.02. The molecule has 5 heterocycles. The van der Waals surface area contributed by atoms with Gasteiger partial charge >= 0.3 is 0 Å². The van der Waals surface area contributed by atoms with Crippen LogP contribution in [0, 0.1) is 5.92 Å². The van der Waals surface area contributed by atoms with Gasteiger partial charge in [-0.2, -0.15) is 5.10 Å². The minimum atomic E-state index is -0.0159. The summed E-state index contributed by atoms with van der Waals surface area (Å²) in [6, 6.07) is 12.1. The summed E-state index contributed by atoms with van der Waals surface area (Å²) < 4.78 is 0.